The molecule has 7 heteroatoms. The van der Waals surface area contributed by atoms with E-state index >= 15 is 0 Å². The molecule has 0 N–H and O–H groups in total. The van der Waals surface area contributed by atoms with E-state index in [0.717, 1.165) is 10.5 Å². The number of anilines is 1. The number of hydrogen-bond donors (Lipinski definition) is 0. The van der Waals surface area contributed by atoms with Gasteiger partial charge in [0.15, 0.2) is 0 Å². The zero-order chi connectivity index (χ0) is 24.1. The van der Waals surface area contributed by atoms with Crippen molar-refractivity contribution in [2.24, 2.45) is 0 Å². The summed E-state index contributed by atoms with van der Waals surface area (Å²) in [7, 11) is 3.08. The molecule has 0 aromatic heterocycles. The van der Waals surface area contributed by atoms with Gasteiger partial charge in [0, 0.05) is 12.1 Å². The first-order valence-corrected chi connectivity index (χ1v) is 11.0. The molecule has 0 aliphatic carbocycles. The number of rotatable bonds is 8. The van der Waals surface area contributed by atoms with Crippen LogP contribution in [-0.4, -0.2) is 49.4 Å². The molecule has 1 saturated heterocycles. The number of benzene rings is 3. The van der Waals surface area contributed by atoms with Crippen molar-refractivity contribution in [3.8, 4) is 11.5 Å². The highest BCUT2D eigenvalue weighted by Gasteiger charge is 2.44. The summed E-state index contributed by atoms with van der Waals surface area (Å²) in [5.41, 5.74) is 1.89. The third-order valence-corrected chi connectivity index (χ3v) is 5.89. The number of nitrogens with zero attached hydrogens (tertiary/aromatic N) is 2. The van der Waals surface area contributed by atoms with Crippen LogP contribution < -0.4 is 14.4 Å². The second-order valence-electron chi connectivity index (χ2n) is 7.95. The lowest BCUT2D eigenvalue weighted by Crippen LogP contribution is -2.46. The van der Waals surface area contributed by atoms with Crippen LogP contribution in [0.1, 0.15) is 22.3 Å². The van der Waals surface area contributed by atoms with E-state index < -0.39 is 11.9 Å². The van der Waals surface area contributed by atoms with Crippen molar-refractivity contribution in [1.29, 1.82) is 0 Å². The Morgan fingerprint density at radius 2 is 1.62 bits per heavy atom. The molecule has 1 fully saturated rings. The van der Waals surface area contributed by atoms with Crippen molar-refractivity contribution in [3.63, 3.8) is 0 Å². The highest BCUT2D eigenvalue weighted by atomic mass is 16.5. The quantitative estimate of drug-likeness (QED) is 0.481. The maximum Gasteiger partial charge on any atom is 0.257 e. The Balaban J connectivity index is 1.63. The molecule has 1 atom stereocenters. The summed E-state index contributed by atoms with van der Waals surface area (Å²) < 4.78 is 10.4. The van der Waals surface area contributed by atoms with Crippen LogP contribution in [0, 0.1) is 0 Å². The molecule has 3 amide bonds. The topological polar surface area (TPSA) is 76.2 Å². The predicted molar refractivity (Wildman–Crippen MR) is 128 cm³/mol. The standard InChI is InChI=1S/C27H26N2O5/c1-33-22-13-11-21(12-14-22)29-25(30)18-24(27(29)32)28(16-15-19-7-4-3-5-8-19)26(31)20-9-6-10-23(17-20)34-2/h3-14,17,24H,15-16,18H2,1-2H3. The monoisotopic (exact) mass is 458 g/mol. The average molecular weight is 459 g/mol. The first kappa shape index (κ1) is 23.0. The summed E-state index contributed by atoms with van der Waals surface area (Å²) in [5, 5.41) is 0. The third kappa shape index (κ3) is 4.78. The van der Waals surface area contributed by atoms with E-state index in [0.29, 0.717) is 35.7 Å². The second kappa shape index (κ2) is 10.2. The molecule has 1 unspecified atom stereocenters. The SMILES string of the molecule is COc1ccc(N2C(=O)CC(N(CCc3ccccc3)C(=O)c3cccc(OC)c3)C2=O)cc1. The maximum atomic E-state index is 13.6. The molecular formula is C27H26N2O5. The van der Waals surface area contributed by atoms with Crippen LogP contribution >= 0.6 is 0 Å². The molecule has 0 saturated carbocycles. The molecule has 4 rings (SSSR count). The Hall–Kier alpha value is -4.13. The van der Waals surface area contributed by atoms with E-state index in [1.54, 1.807) is 55.6 Å². The molecule has 1 heterocycles. The number of methoxy groups -OCH3 is 2. The number of imide groups is 1. The largest absolute Gasteiger partial charge is 0.497 e. The lowest BCUT2D eigenvalue weighted by atomic mass is 10.1. The summed E-state index contributed by atoms with van der Waals surface area (Å²) in [6.45, 7) is 0.292. The van der Waals surface area contributed by atoms with Gasteiger partial charge in [-0.1, -0.05) is 36.4 Å². The summed E-state index contributed by atoms with van der Waals surface area (Å²) in [5.74, 6) is 0.0833. The minimum absolute atomic E-state index is 0.0740. The second-order valence-corrected chi connectivity index (χ2v) is 7.95. The van der Waals surface area contributed by atoms with E-state index in [2.05, 4.69) is 0 Å². The van der Waals surface area contributed by atoms with Crippen LogP contribution in [0.4, 0.5) is 5.69 Å². The molecular weight excluding hydrogens is 432 g/mol. The van der Waals surface area contributed by atoms with E-state index in [-0.39, 0.29) is 18.2 Å². The van der Waals surface area contributed by atoms with Crippen LogP contribution in [0.5, 0.6) is 11.5 Å². The molecule has 0 bridgehead atoms. The van der Waals surface area contributed by atoms with Crippen molar-refractivity contribution in [2.75, 3.05) is 25.7 Å². The average Bonchev–Trinajstić information content (AvgIpc) is 3.18. The lowest BCUT2D eigenvalue weighted by Gasteiger charge is -2.28. The van der Waals surface area contributed by atoms with Gasteiger partial charge >= 0.3 is 0 Å². The molecule has 0 spiro atoms. The third-order valence-electron chi connectivity index (χ3n) is 5.89. The van der Waals surface area contributed by atoms with Gasteiger partial charge in [-0.15, -0.1) is 0 Å². The minimum atomic E-state index is -0.892. The van der Waals surface area contributed by atoms with Crippen LogP contribution in [0.2, 0.25) is 0 Å². The van der Waals surface area contributed by atoms with E-state index in [1.807, 2.05) is 30.3 Å². The molecule has 3 aromatic rings. The Morgan fingerprint density at radius 3 is 2.29 bits per heavy atom. The van der Waals surface area contributed by atoms with Crippen LogP contribution in [0.15, 0.2) is 78.9 Å². The van der Waals surface area contributed by atoms with Crippen LogP contribution in [0.25, 0.3) is 0 Å². The smallest absolute Gasteiger partial charge is 0.257 e. The van der Waals surface area contributed by atoms with Gasteiger partial charge in [0.25, 0.3) is 11.8 Å². The highest BCUT2D eigenvalue weighted by Crippen LogP contribution is 2.28. The Morgan fingerprint density at radius 1 is 0.912 bits per heavy atom. The molecule has 1 aliphatic rings. The van der Waals surface area contributed by atoms with Gasteiger partial charge in [-0.3, -0.25) is 14.4 Å². The number of hydrogen-bond acceptors (Lipinski definition) is 5. The maximum absolute atomic E-state index is 13.6. The number of ether oxygens (including phenoxy) is 2. The first-order valence-electron chi connectivity index (χ1n) is 11.0. The molecule has 7 nitrogen and oxygen atoms in total. The van der Waals surface area contributed by atoms with Gasteiger partial charge in [0.05, 0.1) is 26.3 Å². The van der Waals surface area contributed by atoms with E-state index in [1.165, 1.54) is 12.0 Å². The fraction of sp³-hybridized carbons (Fsp3) is 0.222. The first-order chi connectivity index (χ1) is 16.5. The van der Waals surface area contributed by atoms with Crippen molar-refractivity contribution < 1.29 is 23.9 Å². The fourth-order valence-corrected chi connectivity index (χ4v) is 4.08. The minimum Gasteiger partial charge on any atom is -0.497 e. The molecule has 0 radical (unpaired) electrons. The normalized spacial score (nSPS) is 15.4. The number of carbonyl (C=O) groups excluding carboxylic acids is 3. The molecule has 34 heavy (non-hydrogen) atoms. The van der Waals surface area contributed by atoms with Gasteiger partial charge in [-0.05, 0) is 54.4 Å². The van der Waals surface area contributed by atoms with E-state index in [9.17, 15) is 14.4 Å². The Labute approximate surface area is 198 Å². The molecule has 1 aliphatic heterocycles. The van der Waals surface area contributed by atoms with Crippen molar-refractivity contribution in [2.45, 2.75) is 18.9 Å². The van der Waals surface area contributed by atoms with Gasteiger partial charge in [0.2, 0.25) is 5.91 Å². The van der Waals surface area contributed by atoms with Gasteiger partial charge in [-0.25, -0.2) is 4.90 Å². The summed E-state index contributed by atoms with van der Waals surface area (Å²) in [4.78, 5) is 42.6. The predicted octanol–water partition coefficient (Wildman–Crippen LogP) is 3.72. The Bertz CT molecular complexity index is 1180. The molecule has 3 aromatic carbocycles. The summed E-state index contributed by atoms with van der Waals surface area (Å²) in [6, 6.07) is 22.3. The van der Waals surface area contributed by atoms with Crippen LogP contribution in [-0.2, 0) is 16.0 Å². The van der Waals surface area contributed by atoms with Gasteiger partial charge in [-0.2, -0.15) is 0 Å². The van der Waals surface area contributed by atoms with Crippen molar-refractivity contribution >= 4 is 23.4 Å². The summed E-state index contributed by atoms with van der Waals surface area (Å²) >= 11 is 0. The van der Waals surface area contributed by atoms with Gasteiger partial charge < -0.3 is 14.4 Å². The zero-order valence-corrected chi connectivity index (χ0v) is 19.1. The van der Waals surface area contributed by atoms with Crippen LogP contribution in [0.3, 0.4) is 0 Å². The fourth-order valence-electron chi connectivity index (χ4n) is 4.08. The van der Waals surface area contributed by atoms with Gasteiger partial charge in [0.1, 0.15) is 17.5 Å². The zero-order valence-electron chi connectivity index (χ0n) is 19.1. The molecule has 174 valence electrons. The van der Waals surface area contributed by atoms with Crippen molar-refractivity contribution in [3.05, 3.63) is 90.0 Å². The number of amides is 3. The Kier molecular flexibility index (Phi) is 6.92. The van der Waals surface area contributed by atoms with E-state index in [4.69, 9.17) is 9.47 Å². The number of carbonyl (C=O) groups is 3. The van der Waals surface area contributed by atoms with Crippen molar-refractivity contribution in [1.82, 2.24) is 4.90 Å². The lowest BCUT2D eigenvalue weighted by molar-refractivity contribution is -0.122. The summed E-state index contributed by atoms with van der Waals surface area (Å²) in [6.07, 6.45) is 0.479. The highest BCUT2D eigenvalue weighted by molar-refractivity contribution is 6.23.